The number of hydrogen-bond donors (Lipinski definition) is 2. The molecule has 2 rings (SSSR count). The van der Waals surface area contributed by atoms with Crippen LogP contribution in [0.2, 0.25) is 0 Å². The number of nitrogens with one attached hydrogen (secondary N) is 2. The zero-order valence-corrected chi connectivity index (χ0v) is 14.5. The number of benzene rings is 1. The maximum atomic E-state index is 11.7. The third-order valence-corrected chi connectivity index (χ3v) is 3.56. The van der Waals surface area contributed by atoms with Crippen LogP contribution in [0.25, 0.3) is 0 Å². The van der Waals surface area contributed by atoms with Gasteiger partial charge < -0.3 is 15.4 Å². The summed E-state index contributed by atoms with van der Waals surface area (Å²) in [5.41, 5.74) is 2.32. The molecule has 0 fully saturated rings. The lowest BCUT2D eigenvalue weighted by molar-refractivity contribution is 0.236. The van der Waals surface area contributed by atoms with Crippen LogP contribution < -0.4 is 15.4 Å². The fourth-order valence-electron chi connectivity index (χ4n) is 2.13. The van der Waals surface area contributed by atoms with Crippen molar-refractivity contribution < 1.29 is 9.53 Å². The van der Waals surface area contributed by atoms with Crippen LogP contribution >= 0.6 is 0 Å². The zero-order valence-electron chi connectivity index (χ0n) is 14.5. The number of pyridine rings is 1. The molecular weight excluding hydrogens is 302 g/mol. The van der Waals surface area contributed by atoms with Crippen molar-refractivity contribution in [2.24, 2.45) is 0 Å². The molecule has 0 radical (unpaired) electrons. The van der Waals surface area contributed by atoms with Gasteiger partial charge >= 0.3 is 6.03 Å². The number of amides is 2. The van der Waals surface area contributed by atoms with Gasteiger partial charge in [-0.25, -0.2) is 4.79 Å². The lowest BCUT2D eigenvalue weighted by Crippen LogP contribution is -2.37. The minimum absolute atomic E-state index is 0.0878. The number of carbonyl (C=O) groups excluding carboxylic acids is 1. The first-order chi connectivity index (χ1) is 11.4. The normalized spacial score (nSPS) is 11.0. The third kappa shape index (κ3) is 5.91. The van der Waals surface area contributed by atoms with E-state index in [0.29, 0.717) is 19.7 Å². The van der Waals surface area contributed by atoms with E-state index in [0.717, 1.165) is 11.3 Å². The van der Waals surface area contributed by atoms with Gasteiger partial charge in [-0.3, -0.25) is 4.98 Å². The Morgan fingerprint density at radius 1 is 1.12 bits per heavy atom. The summed E-state index contributed by atoms with van der Waals surface area (Å²) in [6.07, 6.45) is 3.41. The second-order valence-electron chi connectivity index (χ2n) is 6.59. The van der Waals surface area contributed by atoms with Gasteiger partial charge in [-0.2, -0.15) is 0 Å². The van der Waals surface area contributed by atoms with Crippen LogP contribution in [0, 0.1) is 0 Å². The summed E-state index contributed by atoms with van der Waals surface area (Å²) in [5.74, 6) is 0.821. The topological polar surface area (TPSA) is 63.2 Å². The first-order valence-electron chi connectivity index (χ1n) is 8.09. The molecule has 0 saturated heterocycles. The maximum absolute atomic E-state index is 11.7. The van der Waals surface area contributed by atoms with Crippen LogP contribution in [0.3, 0.4) is 0 Å². The Labute approximate surface area is 143 Å². The van der Waals surface area contributed by atoms with Gasteiger partial charge in [-0.05, 0) is 40.8 Å². The summed E-state index contributed by atoms with van der Waals surface area (Å²) in [4.78, 5) is 15.7. The zero-order chi connectivity index (χ0) is 17.4. The van der Waals surface area contributed by atoms with Gasteiger partial charge in [0, 0.05) is 18.9 Å². The van der Waals surface area contributed by atoms with Crippen LogP contribution in [-0.4, -0.2) is 24.2 Å². The minimum atomic E-state index is -0.209. The quantitative estimate of drug-likeness (QED) is 0.801. The Morgan fingerprint density at radius 3 is 2.58 bits per heavy atom. The molecule has 2 aromatic rings. The highest BCUT2D eigenvalue weighted by molar-refractivity contribution is 5.73. The minimum Gasteiger partial charge on any atom is -0.492 e. The van der Waals surface area contributed by atoms with Gasteiger partial charge in [0.2, 0.25) is 0 Å². The van der Waals surface area contributed by atoms with Crippen LogP contribution in [-0.2, 0) is 12.0 Å². The van der Waals surface area contributed by atoms with E-state index in [2.05, 4.69) is 42.5 Å². The average molecular weight is 327 g/mol. The second-order valence-corrected chi connectivity index (χ2v) is 6.59. The van der Waals surface area contributed by atoms with Crippen molar-refractivity contribution in [3.8, 4) is 5.75 Å². The molecule has 2 amide bonds. The Morgan fingerprint density at radius 2 is 1.88 bits per heavy atom. The van der Waals surface area contributed by atoms with Crippen molar-refractivity contribution in [3.63, 3.8) is 0 Å². The Balaban J connectivity index is 1.68. The highest BCUT2D eigenvalue weighted by Crippen LogP contribution is 2.25. The van der Waals surface area contributed by atoms with Crippen molar-refractivity contribution in [1.82, 2.24) is 15.6 Å². The average Bonchev–Trinajstić information content (AvgIpc) is 2.57. The van der Waals surface area contributed by atoms with Gasteiger partial charge in [-0.1, -0.05) is 32.9 Å². The van der Waals surface area contributed by atoms with E-state index in [1.807, 2.05) is 30.3 Å². The summed E-state index contributed by atoms with van der Waals surface area (Å²) in [7, 11) is 0. The number of rotatable bonds is 6. The van der Waals surface area contributed by atoms with Crippen LogP contribution in [0.1, 0.15) is 31.9 Å². The van der Waals surface area contributed by atoms with Crippen LogP contribution in [0.5, 0.6) is 5.75 Å². The van der Waals surface area contributed by atoms with Crippen molar-refractivity contribution in [1.29, 1.82) is 0 Å². The largest absolute Gasteiger partial charge is 0.492 e. The smallest absolute Gasteiger partial charge is 0.315 e. The van der Waals surface area contributed by atoms with Crippen LogP contribution in [0.4, 0.5) is 4.79 Å². The summed E-state index contributed by atoms with van der Waals surface area (Å²) in [6, 6.07) is 11.6. The highest BCUT2D eigenvalue weighted by Gasteiger charge is 2.13. The molecule has 24 heavy (non-hydrogen) atoms. The first-order valence-corrected chi connectivity index (χ1v) is 8.09. The molecule has 0 atom stereocenters. The van der Waals surface area contributed by atoms with Gasteiger partial charge in [-0.15, -0.1) is 0 Å². The van der Waals surface area contributed by atoms with Crippen molar-refractivity contribution >= 4 is 6.03 Å². The summed E-state index contributed by atoms with van der Waals surface area (Å²) >= 11 is 0. The fraction of sp³-hybridized carbons (Fsp3) is 0.368. The predicted octanol–water partition coefficient (Wildman–Crippen LogP) is 3.26. The van der Waals surface area contributed by atoms with Crippen molar-refractivity contribution in [2.45, 2.75) is 32.7 Å². The lowest BCUT2D eigenvalue weighted by Gasteiger charge is -2.19. The predicted molar refractivity (Wildman–Crippen MR) is 95.1 cm³/mol. The molecular formula is C19H25N3O2. The number of urea groups is 1. The number of carbonyl (C=O) groups is 1. The molecule has 0 spiro atoms. The first kappa shape index (κ1) is 17.8. The maximum Gasteiger partial charge on any atom is 0.315 e. The standard InChI is InChI=1S/C19H25N3O2/c1-19(2,3)16-5-4-6-17(13-16)24-12-11-21-18(23)22-14-15-7-9-20-10-8-15/h4-10,13H,11-12,14H2,1-3H3,(H2,21,22,23). The molecule has 128 valence electrons. The molecule has 0 bridgehead atoms. The van der Waals surface area contributed by atoms with Crippen molar-refractivity contribution in [2.75, 3.05) is 13.2 Å². The molecule has 1 aromatic heterocycles. The van der Waals surface area contributed by atoms with E-state index in [1.54, 1.807) is 12.4 Å². The van der Waals surface area contributed by atoms with E-state index >= 15 is 0 Å². The monoisotopic (exact) mass is 327 g/mol. The number of aromatic nitrogens is 1. The van der Waals surface area contributed by atoms with Gasteiger partial charge in [0.1, 0.15) is 12.4 Å². The number of hydrogen-bond acceptors (Lipinski definition) is 3. The van der Waals surface area contributed by atoms with Gasteiger partial charge in [0.25, 0.3) is 0 Å². The molecule has 1 aromatic carbocycles. The number of nitrogens with zero attached hydrogens (tertiary/aromatic N) is 1. The van der Waals surface area contributed by atoms with E-state index in [4.69, 9.17) is 4.74 Å². The molecule has 0 aliphatic rings. The molecule has 1 heterocycles. The molecule has 2 N–H and O–H groups in total. The Hall–Kier alpha value is -2.56. The van der Waals surface area contributed by atoms with E-state index in [9.17, 15) is 4.79 Å². The third-order valence-electron chi connectivity index (χ3n) is 3.56. The van der Waals surface area contributed by atoms with Crippen molar-refractivity contribution in [3.05, 3.63) is 59.9 Å². The molecule has 0 unspecified atom stereocenters. The van der Waals surface area contributed by atoms with Crippen LogP contribution in [0.15, 0.2) is 48.8 Å². The SMILES string of the molecule is CC(C)(C)c1cccc(OCCNC(=O)NCc2ccncc2)c1. The second kappa shape index (κ2) is 8.34. The fourth-order valence-corrected chi connectivity index (χ4v) is 2.13. The molecule has 5 heteroatoms. The molecule has 0 saturated carbocycles. The lowest BCUT2D eigenvalue weighted by atomic mass is 9.87. The van der Waals surface area contributed by atoms with Gasteiger partial charge in [0.15, 0.2) is 0 Å². The van der Waals surface area contributed by atoms with E-state index in [1.165, 1.54) is 5.56 Å². The summed E-state index contributed by atoms with van der Waals surface area (Å²) in [6.45, 7) is 7.85. The summed E-state index contributed by atoms with van der Waals surface area (Å²) in [5, 5.41) is 5.57. The molecule has 0 aliphatic carbocycles. The van der Waals surface area contributed by atoms with E-state index in [-0.39, 0.29) is 11.4 Å². The molecule has 5 nitrogen and oxygen atoms in total. The molecule has 0 aliphatic heterocycles. The van der Waals surface area contributed by atoms with E-state index < -0.39 is 0 Å². The highest BCUT2D eigenvalue weighted by atomic mass is 16.5. The summed E-state index contributed by atoms with van der Waals surface area (Å²) < 4.78 is 5.70. The Bertz CT molecular complexity index is 651. The number of ether oxygens (including phenoxy) is 1. The van der Waals surface area contributed by atoms with Gasteiger partial charge in [0.05, 0.1) is 6.54 Å². The Kier molecular flexibility index (Phi) is 6.18.